The van der Waals surface area contributed by atoms with Crippen LogP contribution in [0.4, 0.5) is 0 Å². The number of Topliss-reactive ketones (excluding diaryl/α,β-unsaturated/α-hetero) is 1. The molecular weight excluding hydrogens is 446 g/mol. The fourth-order valence-corrected chi connectivity index (χ4v) is 7.72. The first kappa shape index (κ1) is 26.0. The maximum atomic E-state index is 13.4. The molecule has 3 fully saturated rings. The van der Waals surface area contributed by atoms with Crippen molar-refractivity contribution >= 4 is 17.5 Å². The predicted octanol–water partition coefficient (Wildman–Crippen LogP) is 2.62. The second-order valence-corrected chi connectivity index (χ2v) is 11.3. The molecule has 0 unspecified atom stereocenters. The van der Waals surface area contributed by atoms with Crippen LogP contribution in [0.15, 0.2) is 36.0 Å². The van der Waals surface area contributed by atoms with Crippen molar-refractivity contribution in [2.75, 3.05) is 26.2 Å². The standard InChI is InChI=1S/C28H39NO6/c1-6-29(7-2)15-24(33)35-16-23(32)28(34)17(3)12-21-20-9-8-18-13-19(30)10-11-26(18,4)25(20)22(31)14-27(21,28)5/h10-11,13,20-22,25,31,34H,3,6-9,12,14-16H2,1-2,4-5H3/t20-,21-,22-,25+,26-,27-,28-/m0/s1. The van der Waals surface area contributed by atoms with Gasteiger partial charge in [0.2, 0.25) is 5.78 Å². The lowest BCUT2D eigenvalue weighted by Gasteiger charge is -2.59. The van der Waals surface area contributed by atoms with Gasteiger partial charge in [0.15, 0.2) is 18.0 Å². The van der Waals surface area contributed by atoms with Gasteiger partial charge in [-0.1, -0.05) is 45.9 Å². The van der Waals surface area contributed by atoms with E-state index in [-0.39, 0.29) is 36.5 Å². The molecule has 7 atom stereocenters. The Kier molecular flexibility index (Phi) is 6.75. The van der Waals surface area contributed by atoms with E-state index in [1.807, 2.05) is 31.7 Å². The smallest absolute Gasteiger partial charge is 0.320 e. The lowest BCUT2D eigenvalue weighted by molar-refractivity contribution is -0.176. The van der Waals surface area contributed by atoms with Gasteiger partial charge >= 0.3 is 5.97 Å². The Bertz CT molecular complexity index is 995. The first-order chi connectivity index (χ1) is 16.4. The Hall–Kier alpha value is -2.09. The van der Waals surface area contributed by atoms with E-state index in [1.165, 1.54) is 0 Å². The van der Waals surface area contributed by atoms with Crippen molar-refractivity contribution in [3.63, 3.8) is 0 Å². The predicted molar refractivity (Wildman–Crippen MR) is 131 cm³/mol. The maximum absolute atomic E-state index is 13.4. The van der Waals surface area contributed by atoms with Crippen molar-refractivity contribution in [2.45, 2.75) is 65.1 Å². The molecule has 3 saturated carbocycles. The summed E-state index contributed by atoms with van der Waals surface area (Å²) in [6.45, 7) is 12.9. The summed E-state index contributed by atoms with van der Waals surface area (Å²) in [4.78, 5) is 39.6. The van der Waals surface area contributed by atoms with Gasteiger partial charge in [0.05, 0.1) is 12.6 Å². The molecule has 0 bridgehead atoms. The van der Waals surface area contributed by atoms with E-state index in [1.54, 1.807) is 12.2 Å². The number of aliphatic hydroxyl groups is 2. The van der Waals surface area contributed by atoms with Crippen LogP contribution in [-0.4, -0.2) is 70.6 Å². The minimum Gasteiger partial charge on any atom is -0.457 e. The SMILES string of the molecule is C=C1C[C@H]2[C@@H]3CCC4=CC(=O)C=C[C@]4(C)[C@H]3[C@@H](O)C[C@]2(C)[C@@]1(O)C(=O)COC(=O)CN(CC)CC. The molecular formula is C28H39NO6. The van der Waals surface area contributed by atoms with Gasteiger partial charge in [-0.15, -0.1) is 0 Å². The molecule has 4 aliphatic carbocycles. The quantitative estimate of drug-likeness (QED) is 0.422. The van der Waals surface area contributed by atoms with Crippen molar-refractivity contribution in [3.8, 4) is 0 Å². The van der Waals surface area contributed by atoms with Gasteiger partial charge in [-0.05, 0) is 68.3 Å². The molecule has 0 heterocycles. The van der Waals surface area contributed by atoms with E-state index in [9.17, 15) is 24.6 Å². The maximum Gasteiger partial charge on any atom is 0.320 e. The van der Waals surface area contributed by atoms with Crippen LogP contribution in [0.1, 0.15) is 53.4 Å². The van der Waals surface area contributed by atoms with E-state index in [0.717, 1.165) is 18.4 Å². The summed E-state index contributed by atoms with van der Waals surface area (Å²) in [5.41, 5.74) is -1.72. The van der Waals surface area contributed by atoms with Crippen molar-refractivity contribution in [1.29, 1.82) is 0 Å². The number of rotatable bonds is 7. The first-order valence-electron chi connectivity index (χ1n) is 12.9. The molecule has 7 nitrogen and oxygen atoms in total. The molecule has 0 aromatic carbocycles. The fraction of sp³-hybridized carbons (Fsp3) is 0.679. The summed E-state index contributed by atoms with van der Waals surface area (Å²) in [6, 6.07) is 0. The number of allylic oxidation sites excluding steroid dienone is 4. The first-order valence-corrected chi connectivity index (χ1v) is 12.9. The van der Waals surface area contributed by atoms with Crippen LogP contribution in [-0.2, 0) is 19.1 Å². The number of hydrogen-bond acceptors (Lipinski definition) is 7. The van der Waals surface area contributed by atoms with E-state index >= 15 is 0 Å². The molecule has 0 amide bonds. The van der Waals surface area contributed by atoms with Crippen LogP contribution < -0.4 is 0 Å². The van der Waals surface area contributed by atoms with Crippen molar-refractivity contribution < 1.29 is 29.3 Å². The summed E-state index contributed by atoms with van der Waals surface area (Å²) in [7, 11) is 0. The van der Waals surface area contributed by atoms with Crippen molar-refractivity contribution in [2.24, 2.45) is 28.6 Å². The number of carbonyl (C=O) groups excluding carboxylic acids is 3. The average molecular weight is 486 g/mol. The molecule has 4 aliphatic rings. The molecule has 0 radical (unpaired) electrons. The Balaban J connectivity index is 1.57. The molecule has 35 heavy (non-hydrogen) atoms. The number of aliphatic hydroxyl groups excluding tert-OH is 1. The third-order valence-electron chi connectivity index (χ3n) is 9.71. The Morgan fingerprint density at radius 3 is 2.60 bits per heavy atom. The summed E-state index contributed by atoms with van der Waals surface area (Å²) >= 11 is 0. The second-order valence-electron chi connectivity index (χ2n) is 11.3. The minimum absolute atomic E-state index is 0.0178. The molecule has 0 aromatic heterocycles. The van der Waals surface area contributed by atoms with Gasteiger partial charge in [0, 0.05) is 16.7 Å². The molecule has 2 N–H and O–H groups in total. The van der Waals surface area contributed by atoms with Crippen molar-refractivity contribution in [3.05, 3.63) is 36.0 Å². The van der Waals surface area contributed by atoms with Gasteiger partial charge in [-0.25, -0.2) is 0 Å². The number of fused-ring (bicyclic) bond motifs is 5. The molecule has 4 rings (SSSR count). The summed E-state index contributed by atoms with van der Waals surface area (Å²) in [5, 5.41) is 23.3. The number of esters is 1. The average Bonchev–Trinajstić information content (AvgIpc) is 3.02. The number of carbonyl (C=O) groups is 3. The second kappa shape index (κ2) is 9.09. The zero-order valence-corrected chi connectivity index (χ0v) is 21.4. The third kappa shape index (κ3) is 3.87. The largest absolute Gasteiger partial charge is 0.457 e. The van der Waals surface area contributed by atoms with E-state index in [4.69, 9.17) is 4.74 Å². The van der Waals surface area contributed by atoms with E-state index < -0.39 is 40.9 Å². The zero-order valence-electron chi connectivity index (χ0n) is 21.4. The zero-order chi connectivity index (χ0) is 25.8. The number of ether oxygens (including phenoxy) is 1. The monoisotopic (exact) mass is 485 g/mol. The molecule has 0 aromatic rings. The van der Waals surface area contributed by atoms with E-state index in [0.29, 0.717) is 25.1 Å². The van der Waals surface area contributed by atoms with Gasteiger partial charge in [-0.3, -0.25) is 19.3 Å². The van der Waals surface area contributed by atoms with E-state index in [2.05, 4.69) is 13.5 Å². The lowest BCUT2D eigenvalue weighted by atomic mass is 9.46. The van der Waals surface area contributed by atoms with Crippen LogP contribution in [0.3, 0.4) is 0 Å². The van der Waals surface area contributed by atoms with Gasteiger partial charge in [-0.2, -0.15) is 0 Å². The Morgan fingerprint density at radius 1 is 1.26 bits per heavy atom. The highest BCUT2D eigenvalue weighted by Gasteiger charge is 2.69. The Labute approximate surface area is 207 Å². The van der Waals surface area contributed by atoms with Crippen LogP contribution in [0.2, 0.25) is 0 Å². The molecule has 0 aliphatic heterocycles. The molecule has 0 spiro atoms. The minimum atomic E-state index is -1.87. The highest BCUT2D eigenvalue weighted by Crippen LogP contribution is 2.68. The summed E-state index contributed by atoms with van der Waals surface area (Å²) < 4.78 is 5.28. The van der Waals surface area contributed by atoms with Crippen LogP contribution in [0, 0.1) is 28.6 Å². The van der Waals surface area contributed by atoms with Crippen LogP contribution in [0.5, 0.6) is 0 Å². The molecule has 0 saturated heterocycles. The Morgan fingerprint density at radius 2 is 1.94 bits per heavy atom. The number of likely N-dealkylation sites (N-methyl/N-ethyl adjacent to an activating group) is 1. The third-order valence-corrected chi connectivity index (χ3v) is 9.71. The highest BCUT2D eigenvalue weighted by atomic mass is 16.5. The van der Waals surface area contributed by atoms with Crippen molar-refractivity contribution in [1.82, 2.24) is 4.90 Å². The fourth-order valence-electron chi connectivity index (χ4n) is 7.72. The number of ketones is 2. The van der Waals surface area contributed by atoms with Gasteiger partial charge in [0.25, 0.3) is 0 Å². The van der Waals surface area contributed by atoms with Crippen LogP contribution >= 0.6 is 0 Å². The molecule has 192 valence electrons. The normalized spacial score (nSPS) is 40.1. The highest BCUT2D eigenvalue weighted by molar-refractivity contribution is 6.01. The van der Waals surface area contributed by atoms with Gasteiger partial charge in [0.1, 0.15) is 0 Å². The summed E-state index contributed by atoms with van der Waals surface area (Å²) in [5.74, 6) is -1.19. The van der Waals surface area contributed by atoms with Crippen LogP contribution in [0.25, 0.3) is 0 Å². The summed E-state index contributed by atoms with van der Waals surface area (Å²) in [6.07, 6.45) is 6.71. The number of hydrogen-bond donors (Lipinski definition) is 2. The topological polar surface area (TPSA) is 104 Å². The molecule has 7 heteroatoms. The number of nitrogens with zero attached hydrogens (tertiary/aromatic N) is 1. The lowest BCUT2D eigenvalue weighted by Crippen LogP contribution is -2.62. The van der Waals surface area contributed by atoms with Gasteiger partial charge < -0.3 is 14.9 Å².